The molecule has 0 spiro atoms. The van der Waals surface area contributed by atoms with Crippen LogP contribution < -0.4 is 0 Å². The normalized spacial score (nSPS) is 12.9. The Morgan fingerprint density at radius 1 is 0.778 bits per heavy atom. The van der Waals surface area contributed by atoms with Gasteiger partial charge in [0.1, 0.15) is 0 Å². The van der Waals surface area contributed by atoms with Crippen molar-refractivity contribution >= 4 is 34.6 Å². The van der Waals surface area contributed by atoms with Crippen molar-refractivity contribution in [2.24, 2.45) is 0 Å². The first kappa shape index (κ1) is 18.1. The van der Waals surface area contributed by atoms with Crippen LogP contribution in [-0.4, -0.2) is 10.6 Å². The van der Waals surface area contributed by atoms with Gasteiger partial charge in [-0.3, -0.25) is 4.79 Å². The van der Waals surface area contributed by atoms with Gasteiger partial charge in [0, 0.05) is 32.0 Å². The van der Waals surface area contributed by atoms with Gasteiger partial charge in [-0.2, -0.15) is 0 Å². The van der Waals surface area contributed by atoms with Crippen molar-refractivity contribution in [3.05, 3.63) is 94.0 Å². The van der Waals surface area contributed by atoms with Crippen LogP contribution in [0.5, 0.6) is 0 Å². The van der Waals surface area contributed by atoms with Crippen molar-refractivity contribution in [2.75, 3.05) is 0 Å². The third-order valence-electron chi connectivity index (χ3n) is 4.94. The maximum absolute atomic E-state index is 13.2. The van der Waals surface area contributed by atoms with E-state index < -0.39 is 0 Å². The lowest BCUT2D eigenvalue weighted by Gasteiger charge is -2.21. The number of ketones is 1. The Balaban J connectivity index is 1.74. The highest BCUT2D eigenvalue weighted by Gasteiger charge is 2.27. The van der Waals surface area contributed by atoms with E-state index in [9.17, 15) is 4.79 Å². The molecule has 27 heavy (non-hydrogen) atoms. The standard InChI is InChI=1S/C24H20OS2/c1-14(2)16-6-10-19-21(12-16)23(25)22-13-18(9-11-20(22)24(19)26)27-17-7-4-15(3)5-8-17/h4-14H,1-3H3. The lowest BCUT2D eigenvalue weighted by atomic mass is 9.83. The molecule has 0 aromatic heterocycles. The summed E-state index contributed by atoms with van der Waals surface area (Å²) in [5, 5.41) is 0. The van der Waals surface area contributed by atoms with Crippen molar-refractivity contribution in [1.29, 1.82) is 0 Å². The number of benzene rings is 3. The highest BCUT2D eigenvalue weighted by Crippen LogP contribution is 2.35. The summed E-state index contributed by atoms with van der Waals surface area (Å²) in [5.74, 6) is 0.448. The highest BCUT2D eigenvalue weighted by molar-refractivity contribution is 7.99. The number of rotatable bonds is 3. The van der Waals surface area contributed by atoms with Gasteiger partial charge in [0.15, 0.2) is 5.78 Å². The van der Waals surface area contributed by atoms with E-state index in [-0.39, 0.29) is 5.78 Å². The number of hydrogen-bond donors (Lipinski definition) is 0. The van der Waals surface area contributed by atoms with Crippen LogP contribution in [0.4, 0.5) is 0 Å². The molecule has 0 saturated carbocycles. The molecule has 3 aromatic rings. The van der Waals surface area contributed by atoms with Crippen molar-refractivity contribution < 1.29 is 4.79 Å². The van der Waals surface area contributed by atoms with Crippen LogP contribution in [0.1, 0.15) is 57.9 Å². The first-order valence-corrected chi connectivity index (χ1v) is 10.3. The monoisotopic (exact) mass is 388 g/mol. The first-order chi connectivity index (χ1) is 12.9. The molecule has 0 atom stereocenters. The maximum Gasteiger partial charge on any atom is 0.194 e. The van der Waals surface area contributed by atoms with E-state index in [2.05, 4.69) is 57.2 Å². The van der Waals surface area contributed by atoms with Gasteiger partial charge >= 0.3 is 0 Å². The molecular weight excluding hydrogens is 368 g/mol. The molecule has 1 aliphatic carbocycles. The predicted molar refractivity (Wildman–Crippen MR) is 117 cm³/mol. The van der Waals surface area contributed by atoms with Crippen LogP contribution in [-0.2, 0) is 0 Å². The van der Waals surface area contributed by atoms with Crippen LogP contribution in [0.3, 0.4) is 0 Å². The summed E-state index contributed by atoms with van der Waals surface area (Å²) in [6.45, 7) is 6.35. The number of aryl methyl sites for hydroxylation is 1. The molecule has 0 radical (unpaired) electrons. The third kappa shape index (κ3) is 3.38. The summed E-state index contributed by atoms with van der Waals surface area (Å²) in [4.78, 5) is 16.2. The minimum absolute atomic E-state index is 0.0717. The summed E-state index contributed by atoms with van der Waals surface area (Å²) in [6, 6.07) is 20.5. The van der Waals surface area contributed by atoms with Crippen LogP contribution in [0.25, 0.3) is 0 Å². The van der Waals surface area contributed by atoms with Gasteiger partial charge in [0.05, 0.1) is 4.86 Å². The summed E-state index contributed by atoms with van der Waals surface area (Å²) in [6.07, 6.45) is 0. The second kappa shape index (κ2) is 7.06. The van der Waals surface area contributed by atoms with E-state index in [0.29, 0.717) is 11.5 Å². The van der Waals surface area contributed by atoms with Crippen LogP contribution >= 0.6 is 24.0 Å². The highest BCUT2D eigenvalue weighted by atomic mass is 32.2. The average molecular weight is 389 g/mol. The quantitative estimate of drug-likeness (QED) is 0.369. The number of fused-ring (bicyclic) bond motifs is 2. The molecule has 0 saturated heterocycles. The Kier molecular flexibility index (Phi) is 4.75. The SMILES string of the molecule is Cc1ccc(Sc2ccc3c(c2)C(=O)c2cc(C(C)C)ccc2C3=S)cc1. The zero-order valence-electron chi connectivity index (χ0n) is 15.6. The fourth-order valence-corrected chi connectivity index (χ4v) is 4.53. The van der Waals surface area contributed by atoms with E-state index in [1.165, 1.54) is 11.1 Å². The summed E-state index contributed by atoms with van der Waals surface area (Å²) in [7, 11) is 0. The number of thiocarbonyl (C=S) groups is 1. The molecule has 4 rings (SSSR count). The van der Waals surface area contributed by atoms with Crippen LogP contribution in [0.2, 0.25) is 0 Å². The predicted octanol–water partition coefficient (Wildman–Crippen LogP) is 6.58. The smallest absolute Gasteiger partial charge is 0.194 e. The molecule has 3 aromatic carbocycles. The van der Waals surface area contributed by atoms with E-state index in [1.807, 2.05) is 24.3 Å². The Labute approximate surface area is 169 Å². The largest absolute Gasteiger partial charge is 0.289 e. The van der Waals surface area contributed by atoms with E-state index >= 15 is 0 Å². The van der Waals surface area contributed by atoms with Gasteiger partial charge < -0.3 is 0 Å². The molecule has 0 unspecified atom stereocenters. The molecule has 134 valence electrons. The second-order valence-corrected chi connectivity index (χ2v) is 8.80. The first-order valence-electron chi connectivity index (χ1n) is 9.06. The molecule has 0 bridgehead atoms. The third-order valence-corrected chi connectivity index (χ3v) is 6.37. The Morgan fingerprint density at radius 3 is 2.04 bits per heavy atom. The van der Waals surface area contributed by atoms with Gasteiger partial charge in [-0.05, 0) is 48.7 Å². The molecule has 0 fully saturated rings. The van der Waals surface area contributed by atoms with Crippen LogP contribution in [0.15, 0.2) is 70.5 Å². The number of hydrogen-bond acceptors (Lipinski definition) is 3. The molecule has 3 heteroatoms. The zero-order valence-corrected chi connectivity index (χ0v) is 17.2. The van der Waals surface area contributed by atoms with Gasteiger partial charge in [-0.25, -0.2) is 0 Å². The Bertz CT molecular complexity index is 1060. The molecule has 1 aliphatic rings. The molecule has 0 aliphatic heterocycles. The molecule has 0 amide bonds. The van der Waals surface area contributed by atoms with Crippen molar-refractivity contribution in [3.8, 4) is 0 Å². The molecule has 0 heterocycles. The van der Waals surface area contributed by atoms with Crippen LogP contribution in [0, 0.1) is 6.92 Å². The van der Waals surface area contributed by atoms with E-state index in [0.717, 1.165) is 31.3 Å². The van der Waals surface area contributed by atoms with Crippen molar-refractivity contribution in [1.82, 2.24) is 0 Å². The van der Waals surface area contributed by atoms with E-state index in [4.69, 9.17) is 12.2 Å². The van der Waals surface area contributed by atoms with Crippen molar-refractivity contribution in [2.45, 2.75) is 36.5 Å². The second-order valence-electron chi connectivity index (χ2n) is 7.24. The Morgan fingerprint density at radius 2 is 1.37 bits per heavy atom. The average Bonchev–Trinajstić information content (AvgIpc) is 2.67. The fourth-order valence-electron chi connectivity index (χ4n) is 3.31. The molecule has 1 nitrogen and oxygen atoms in total. The maximum atomic E-state index is 13.2. The van der Waals surface area contributed by atoms with Gasteiger partial charge in [0.25, 0.3) is 0 Å². The number of carbonyl (C=O) groups excluding carboxylic acids is 1. The zero-order chi connectivity index (χ0) is 19.1. The number of carbonyl (C=O) groups is 1. The topological polar surface area (TPSA) is 17.1 Å². The summed E-state index contributed by atoms with van der Waals surface area (Å²) in [5.41, 5.74) is 5.60. The van der Waals surface area contributed by atoms with Gasteiger partial charge in [0.2, 0.25) is 0 Å². The molecule has 0 N–H and O–H groups in total. The minimum atomic E-state index is 0.0717. The van der Waals surface area contributed by atoms with Gasteiger partial charge in [-0.1, -0.05) is 73.7 Å². The van der Waals surface area contributed by atoms with Crippen molar-refractivity contribution in [3.63, 3.8) is 0 Å². The lowest BCUT2D eigenvalue weighted by Crippen LogP contribution is -2.20. The molecular formula is C24H20OS2. The fraction of sp³-hybridized carbons (Fsp3) is 0.167. The van der Waals surface area contributed by atoms with Gasteiger partial charge in [-0.15, -0.1) is 0 Å². The Hall–Kier alpha value is -2.23. The summed E-state index contributed by atoms with van der Waals surface area (Å²) < 4.78 is 0. The van der Waals surface area contributed by atoms with E-state index in [1.54, 1.807) is 11.8 Å². The summed E-state index contributed by atoms with van der Waals surface area (Å²) >= 11 is 7.37. The minimum Gasteiger partial charge on any atom is -0.289 e. The lowest BCUT2D eigenvalue weighted by molar-refractivity contribution is 0.103.